The third kappa shape index (κ3) is 6.59. The molecule has 1 amide bonds. The van der Waals surface area contributed by atoms with E-state index in [1.165, 1.54) is 46.4 Å². The Balaban J connectivity index is 1.53. The zero-order valence-electron chi connectivity index (χ0n) is 24.2. The van der Waals surface area contributed by atoms with E-state index in [2.05, 4.69) is 22.1 Å². The van der Waals surface area contributed by atoms with Crippen molar-refractivity contribution >= 4 is 74.5 Å². The lowest BCUT2D eigenvalue weighted by atomic mass is 9.95. The van der Waals surface area contributed by atoms with Gasteiger partial charge in [0.2, 0.25) is 10.9 Å². The van der Waals surface area contributed by atoms with Gasteiger partial charge in [-0.1, -0.05) is 71.8 Å². The van der Waals surface area contributed by atoms with Gasteiger partial charge in [-0.2, -0.15) is 0 Å². The Hall–Kier alpha value is -3.16. The molecule has 0 saturated carbocycles. The van der Waals surface area contributed by atoms with Crippen LogP contribution < -0.4 is 14.4 Å². The van der Waals surface area contributed by atoms with Crippen LogP contribution >= 0.6 is 57.6 Å². The Morgan fingerprint density at radius 1 is 1.11 bits per heavy atom. The number of rotatable bonds is 12. The molecule has 14 heteroatoms. The van der Waals surface area contributed by atoms with E-state index in [4.69, 9.17) is 32.7 Å². The summed E-state index contributed by atoms with van der Waals surface area (Å²) in [6.45, 7) is 6.11. The van der Waals surface area contributed by atoms with Crippen molar-refractivity contribution in [3.63, 3.8) is 0 Å². The van der Waals surface area contributed by atoms with Crippen LogP contribution in [-0.2, 0) is 10.5 Å². The van der Waals surface area contributed by atoms with Crippen LogP contribution in [0, 0.1) is 13.8 Å². The average Bonchev–Trinajstić information content (AvgIpc) is 3.67. The van der Waals surface area contributed by atoms with Crippen molar-refractivity contribution in [3.8, 4) is 11.5 Å². The van der Waals surface area contributed by atoms with Crippen LogP contribution in [0.2, 0.25) is 10.0 Å². The molecule has 9 nitrogen and oxygen atoms in total. The molecule has 230 valence electrons. The maximum absolute atomic E-state index is 14.0. The number of aliphatic hydroxyl groups is 1. The van der Waals surface area contributed by atoms with Crippen LogP contribution in [0.3, 0.4) is 0 Å². The van der Waals surface area contributed by atoms with Crippen LogP contribution in [0.5, 0.6) is 11.5 Å². The molecule has 4 aromatic rings. The van der Waals surface area contributed by atoms with Crippen molar-refractivity contribution in [1.82, 2.24) is 15.2 Å². The van der Waals surface area contributed by atoms with E-state index < -0.39 is 23.5 Å². The van der Waals surface area contributed by atoms with Gasteiger partial charge >= 0.3 is 0 Å². The minimum atomic E-state index is -1.01. The Morgan fingerprint density at radius 2 is 1.91 bits per heavy atom. The molecule has 2 aromatic heterocycles. The highest BCUT2D eigenvalue weighted by molar-refractivity contribution is 8.00. The van der Waals surface area contributed by atoms with E-state index in [0.717, 1.165) is 18.4 Å². The van der Waals surface area contributed by atoms with E-state index in [0.29, 0.717) is 59.4 Å². The number of amides is 1. The highest BCUT2D eigenvalue weighted by Crippen LogP contribution is 2.46. The number of ether oxygens (including phenoxy) is 2. The summed E-state index contributed by atoms with van der Waals surface area (Å²) in [5.74, 6) is -0.424. The number of Topliss-reactive ketones (excluding diaryl/α,β-unsaturated/α-hetero) is 1. The normalized spacial score (nSPS) is 14.9. The van der Waals surface area contributed by atoms with Crippen LogP contribution in [-0.4, -0.2) is 45.7 Å². The lowest BCUT2D eigenvalue weighted by Crippen LogP contribution is -2.31. The molecule has 0 radical (unpaired) electrons. The van der Waals surface area contributed by atoms with Gasteiger partial charge in [0, 0.05) is 15.8 Å². The van der Waals surface area contributed by atoms with Crippen molar-refractivity contribution in [1.29, 1.82) is 0 Å². The highest BCUT2D eigenvalue weighted by Gasteiger charge is 2.47. The van der Waals surface area contributed by atoms with Gasteiger partial charge in [-0.05, 0) is 55.7 Å². The van der Waals surface area contributed by atoms with Crippen molar-refractivity contribution < 1.29 is 24.2 Å². The molecule has 0 aliphatic carbocycles. The fraction of sp³-hybridized carbons (Fsp3) is 0.300. The predicted molar refractivity (Wildman–Crippen MR) is 175 cm³/mol. The SMILES string of the molecule is CCCCOc1ccc(C2C(C(=O)c3sc(C)nc3C)=C(O)C(=O)N2c2nnc(SCc3ccc(Cl)cc3Cl)s2)cc1OC. The molecule has 0 spiro atoms. The number of thioether (sulfide) groups is 1. The molecule has 2 aromatic carbocycles. The smallest absolute Gasteiger partial charge is 0.296 e. The van der Waals surface area contributed by atoms with Gasteiger partial charge in [-0.3, -0.25) is 14.5 Å². The van der Waals surface area contributed by atoms with Gasteiger partial charge in [0.15, 0.2) is 21.6 Å². The number of unbranched alkanes of at least 4 members (excludes halogenated alkanes) is 1. The standard InChI is InChI=1S/C30H28Cl2N4O5S3/c1-5-6-11-41-21-10-8-17(12-22(21)40-4)24-23(25(37)27-15(2)33-16(3)43-27)26(38)28(39)36(24)29-34-35-30(44-29)42-14-18-7-9-19(31)13-20(18)32/h7-10,12-13,24,38H,5-6,11,14H2,1-4H3. The lowest BCUT2D eigenvalue weighted by Gasteiger charge is -2.24. The number of methoxy groups -OCH3 is 1. The van der Waals surface area contributed by atoms with Gasteiger partial charge in [0.05, 0.1) is 40.9 Å². The molecule has 0 fully saturated rings. The maximum Gasteiger partial charge on any atom is 0.296 e. The monoisotopic (exact) mass is 690 g/mol. The maximum atomic E-state index is 14.0. The van der Waals surface area contributed by atoms with E-state index in [9.17, 15) is 14.7 Å². The summed E-state index contributed by atoms with van der Waals surface area (Å²) >= 11 is 16.1. The van der Waals surface area contributed by atoms with Crippen molar-refractivity contribution in [2.75, 3.05) is 18.6 Å². The molecule has 3 heterocycles. The first-order valence-electron chi connectivity index (χ1n) is 13.6. The van der Waals surface area contributed by atoms with Gasteiger partial charge in [0.25, 0.3) is 5.91 Å². The number of carbonyl (C=O) groups excluding carboxylic acids is 2. The number of halogens is 2. The molecule has 1 atom stereocenters. The molecular formula is C30H28Cl2N4O5S3. The number of carbonyl (C=O) groups is 2. The molecule has 1 aliphatic rings. The van der Waals surface area contributed by atoms with Gasteiger partial charge in [0.1, 0.15) is 0 Å². The van der Waals surface area contributed by atoms with Gasteiger partial charge in [-0.15, -0.1) is 21.5 Å². The van der Waals surface area contributed by atoms with Crippen LogP contribution in [0.4, 0.5) is 5.13 Å². The van der Waals surface area contributed by atoms with E-state index in [1.807, 2.05) is 6.07 Å². The first-order chi connectivity index (χ1) is 21.1. The molecule has 1 aliphatic heterocycles. The predicted octanol–water partition coefficient (Wildman–Crippen LogP) is 8.18. The second kappa shape index (κ2) is 13.9. The largest absolute Gasteiger partial charge is 0.503 e. The van der Waals surface area contributed by atoms with Gasteiger partial charge in [-0.25, -0.2) is 4.98 Å². The number of hydrogen-bond acceptors (Lipinski definition) is 11. The third-order valence-corrected chi connectivity index (χ3v) is 10.6. The third-order valence-electron chi connectivity index (χ3n) is 6.79. The molecule has 44 heavy (non-hydrogen) atoms. The fourth-order valence-corrected chi connectivity index (χ4v) is 7.95. The summed E-state index contributed by atoms with van der Waals surface area (Å²) in [5.41, 5.74) is 1.85. The minimum Gasteiger partial charge on any atom is -0.503 e. The minimum absolute atomic E-state index is 0.0687. The molecule has 1 N–H and O–H groups in total. The van der Waals surface area contributed by atoms with E-state index in [-0.39, 0.29) is 10.7 Å². The number of aliphatic hydroxyl groups excluding tert-OH is 1. The number of anilines is 1. The number of nitrogens with zero attached hydrogens (tertiary/aromatic N) is 4. The first kappa shape index (κ1) is 32.2. The number of ketones is 1. The summed E-state index contributed by atoms with van der Waals surface area (Å²) in [6, 6.07) is 9.47. The zero-order chi connectivity index (χ0) is 31.5. The quantitative estimate of drug-likeness (QED) is 0.0680. The second-order valence-electron chi connectivity index (χ2n) is 9.80. The van der Waals surface area contributed by atoms with Crippen LogP contribution in [0.25, 0.3) is 0 Å². The summed E-state index contributed by atoms with van der Waals surface area (Å²) in [4.78, 5) is 33.7. The number of aromatic nitrogens is 3. The van der Waals surface area contributed by atoms with E-state index in [1.54, 1.807) is 44.2 Å². The number of thiazole rings is 1. The topological polar surface area (TPSA) is 115 Å². The lowest BCUT2D eigenvalue weighted by molar-refractivity contribution is -0.117. The Morgan fingerprint density at radius 3 is 2.59 bits per heavy atom. The summed E-state index contributed by atoms with van der Waals surface area (Å²) < 4.78 is 12.1. The molecule has 0 bridgehead atoms. The Bertz CT molecular complexity index is 1760. The summed E-state index contributed by atoms with van der Waals surface area (Å²) in [7, 11) is 1.52. The fourth-order valence-electron chi connectivity index (χ4n) is 4.65. The van der Waals surface area contributed by atoms with Crippen molar-refractivity contribution in [3.05, 3.63) is 84.5 Å². The molecule has 5 rings (SSSR count). The second-order valence-corrected chi connectivity index (χ2v) is 14.0. The Labute approximate surface area is 276 Å². The van der Waals surface area contributed by atoms with Crippen molar-refractivity contribution in [2.24, 2.45) is 0 Å². The van der Waals surface area contributed by atoms with E-state index >= 15 is 0 Å². The number of aryl methyl sites for hydroxylation is 2. The first-order valence-corrected chi connectivity index (χ1v) is 17.0. The molecular weight excluding hydrogens is 663 g/mol. The van der Waals surface area contributed by atoms with Crippen LogP contribution in [0.1, 0.15) is 57.3 Å². The number of hydrogen-bond donors (Lipinski definition) is 1. The average molecular weight is 692 g/mol. The molecule has 0 saturated heterocycles. The van der Waals surface area contributed by atoms with Crippen LogP contribution in [0.15, 0.2) is 52.1 Å². The molecule has 1 unspecified atom stereocenters. The summed E-state index contributed by atoms with van der Waals surface area (Å²) in [6.07, 6.45) is 1.85. The number of benzene rings is 2. The van der Waals surface area contributed by atoms with Crippen molar-refractivity contribution in [2.45, 2.75) is 49.7 Å². The van der Waals surface area contributed by atoms with Gasteiger partial charge < -0.3 is 14.6 Å². The highest BCUT2D eigenvalue weighted by atomic mass is 35.5. The Kier molecular flexibility index (Phi) is 10.2. The zero-order valence-corrected chi connectivity index (χ0v) is 28.2. The summed E-state index contributed by atoms with van der Waals surface area (Å²) in [5, 5.41) is 21.8.